The third-order valence-electron chi connectivity index (χ3n) is 5.51. The van der Waals surface area contributed by atoms with E-state index in [1.54, 1.807) is 12.4 Å². The number of benzene rings is 1. The Balaban J connectivity index is 1.47. The van der Waals surface area contributed by atoms with Crippen molar-refractivity contribution >= 4 is 27.9 Å². The zero-order chi connectivity index (χ0) is 21.4. The molecule has 1 aromatic carbocycles. The van der Waals surface area contributed by atoms with Crippen molar-refractivity contribution < 1.29 is 0 Å². The first kappa shape index (κ1) is 19.2. The Morgan fingerprint density at radius 2 is 2.06 bits per heavy atom. The molecule has 5 aromatic rings. The van der Waals surface area contributed by atoms with Crippen LogP contribution in [0.4, 0.5) is 5.82 Å². The number of hydrogen-bond donors (Lipinski definition) is 2. The number of anilines is 1. The van der Waals surface area contributed by atoms with Gasteiger partial charge in [-0.3, -0.25) is 4.98 Å². The summed E-state index contributed by atoms with van der Waals surface area (Å²) in [6.07, 6.45) is 8.35. The van der Waals surface area contributed by atoms with Crippen LogP contribution in [0.2, 0.25) is 0 Å². The molecular weight excluding hydrogens is 386 g/mol. The lowest BCUT2D eigenvalue weighted by Gasteiger charge is -2.11. The predicted molar refractivity (Wildman–Crippen MR) is 124 cm³/mol. The second kappa shape index (κ2) is 7.83. The van der Waals surface area contributed by atoms with E-state index in [9.17, 15) is 0 Å². The normalized spacial score (nSPS) is 11.6. The summed E-state index contributed by atoms with van der Waals surface area (Å²) in [6.45, 7) is 7.11. The Labute approximate surface area is 180 Å². The van der Waals surface area contributed by atoms with Gasteiger partial charge in [0.25, 0.3) is 0 Å². The maximum atomic E-state index is 4.80. The molecule has 0 aliphatic carbocycles. The number of aryl methyl sites for hydroxylation is 1. The van der Waals surface area contributed by atoms with Crippen LogP contribution in [0.25, 0.3) is 33.5 Å². The average molecular weight is 412 g/mol. The largest absolute Gasteiger partial charge is 0.368 e. The monoisotopic (exact) mass is 411 g/mol. The molecule has 0 amide bonds. The van der Waals surface area contributed by atoms with Crippen molar-refractivity contribution in [1.29, 1.82) is 0 Å². The van der Waals surface area contributed by atoms with Gasteiger partial charge in [0.15, 0.2) is 17.3 Å². The molecule has 7 heteroatoms. The van der Waals surface area contributed by atoms with Crippen molar-refractivity contribution in [1.82, 2.24) is 29.5 Å². The van der Waals surface area contributed by atoms with Gasteiger partial charge in [-0.2, -0.15) is 0 Å². The highest BCUT2D eigenvalue weighted by atomic mass is 15.2. The van der Waals surface area contributed by atoms with Gasteiger partial charge in [0, 0.05) is 47.6 Å². The van der Waals surface area contributed by atoms with E-state index in [0.29, 0.717) is 5.82 Å². The van der Waals surface area contributed by atoms with E-state index in [2.05, 4.69) is 70.0 Å². The number of aromatic amines is 1. The second-order valence-corrected chi connectivity index (χ2v) is 8.10. The van der Waals surface area contributed by atoms with Crippen LogP contribution in [0.3, 0.4) is 0 Å². The SMILES string of the molecule is Cc1ccc2[nH]cc(CCNc3nc(-c4cccnc4)nc4c3ncn4C(C)C)c2c1. The summed E-state index contributed by atoms with van der Waals surface area (Å²) in [7, 11) is 0. The Morgan fingerprint density at radius 3 is 2.87 bits per heavy atom. The molecule has 4 heterocycles. The van der Waals surface area contributed by atoms with Gasteiger partial charge in [0.1, 0.15) is 5.52 Å². The minimum atomic E-state index is 0.254. The Hall–Kier alpha value is -3.74. The standard InChI is InChI=1S/C24H25N7/c1-15(2)31-14-28-21-23(29-22(30-24(21)31)18-5-4-9-25-12-18)26-10-8-17-13-27-20-7-6-16(3)11-19(17)20/h4-7,9,11-15,27H,8,10H2,1-3H3,(H,26,29,30). The number of H-pyrrole nitrogens is 1. The van der Waals surface area contributed by atoms with Crippen LogP contribution >= 0.6 is 0 Å². The van der Waals surface area contributed by atoms with Crippen molar-refractivity contribution in [2.24, 2.45) is 0 Å². The summed E-state index contributed by atoms with van der Waals surface area (Å²) in [6, 6.07) is 10.6. The summed E-state index contributed by atoms with van der Waals surface area (Å²) >= 11 is 0. The third kappa shape index (κ3) is 3.63. The molecule has 5 rings (SSSR count). The number of rotatable bonds is 6. The lowest BCUT2D eigenvalue weighted by molar-refractivity contribution is 0.613. The molecule has 0 fully saturated rings. The van der Waals surface area contributed by atoms with Gasteiger partial charge >= 0.3 is 0 Å². The van der Waals surface area contributed by atoms with E-state index in [1.165, 1.54) is 22.0 Å². The van der Waals surface area contributed by atoms with Crippen molar-refractivity contribution in [3.8, 4) is 11.4 Å². The zero-order valence-electron chi connectivity index (χ0n) is 17.9. The molecular formula is C24H25N7. The van der Waals surface area contributed by atoms with Crippen LogP contribution in [-0.4, -0.2) is 36.0 Å². The van der Waals surface area contributed by atoms with Crippen LogP contribution in [0.1, 0.15) is 31.0 Å². The maximum absolute atomic E-state index is 4.80. The maximum Gasteiger partial charge on any atom is 0.166 e. The van der Waals surface area contributed by atoms with E-state index >= 15 is 0 Å². The quantitative estimate of drug-likeness (QED) is 0.415. The lowest BCUT2D eigenvalue weighted by atomic mass is 10.1. The van der Waals surface area contributed by atoms with Gasteiger partial charge in [-0.1, -0.05) is 11.6 Å². The molecule has 0 atom stereocenters. The number of nitrogens with zero attached hydrogens (tertiary/aromatic N) is 5. The Morgan fingerprint density at radius 1 is 1.16 bits per heavy atom. The molecule has 0 radical (unpaired) electrons. The Bertz CT molecular complexity index is 1350. The van der Waals surface area contributed by atoms with Crippen LogP contribution < -0.4 is 5.32 Å². The number of imidazole rings is 1. The van der Waals surface area contributed by atoms with Crippen LogP contribution in [-0.2, 0) is 6.42 Å². The number of aromatic nitrogens is 6. The van der Waals surface area contributed by atoms with Gasteiger partial charge in [-0.25, -0.2) is 15.0 Å². The molecule has 0 aliphatic heterocycles. The molecule has 0 aliphatic rings. The molecule has 156 valence electrons. The van der Waals surface area contributed by atoms with Crippen LogP contribution in [0.15, 0.2) is 55.2 Å². The van der Waals surface area contributed by atoms with Gasteiger partial charge in [-0.15, -0.1) is 0 Å². The summed E-state index contributed by atoms with van der Waals surface area (Å²) in [5, 5.41) is 4.78. The smallest absolute Gasteiger partial charge is 0.166 e. The van der Waals surface area contributed by atoms with Crippen molar-refractivity contribution in [3.63, 3.8) is 0 Å². The minimum absolute atomic E-state index is 0.254. The highest BCUT2D eigenvalue weighted by molar-refractivity contribution is 5.86. The molecule has 2 N–H and O–H groups in total. The highest BCUT2D eigenvalue weighted by Gasteiger charge is 2.16. The topological polar surface area (TPSA) is 84.3 Å². The number of nitrogens with one attached hydrogen (secondary N) is 2. The van der Waals surface area contributed by atoms with Crippen LogP contribution in [0, 0.1) is 6.92 Å². The molecule has 31 heavy (non-hydrogen) atoms. The molecule has 0 saturated carbocycles. The first-order valence-electron chi connectivity index (χ1n) is 10.6. The average Bonchev–Trinajstić information content (AvgIpc) is 3.38. The second-order valence-electron chi connectivity index (χ2n) is 8.10. The first-order valence-corrected chi connectivity index (χ1v) is 10.6. The van der Waals surface area contributed by atoms with E-state index in [1.807, 2.05) is 18.5 Å². The molecule has 0 unspecified atom stereocenters. The number of pyridine rings is 1. The highest BCUT2D eigenvalue weighted by Crippen LogP contribution is 2.26. The minimum Gasteiger partial charge on any atom is -0.368 e. The van der Waals surface area contributed by atoms with E-state index in [4.69, 9.17) is 9.97 Å². The molecule has 0 spiro atoms. The fourth-order valence-electron chi connectivity index (χ4n) is 3.86. The van der Waals surface area contributed by atoms with Crippen molar-refractivity contribution in [2.45, 2.75) is 33.2 Å². The third-order valence-corrected chi connectivity index (χ3v) is 5.51. The van der Waals surface area contributed by atoms with Crippen molar-refractivity contribution in [2.75, 3.05) is 11.9 Å². The summed E-state index contributed by atoms with van der Waals surface area (Å²) in [4.78, 5) is 21.8. The first-order chi connectivity index (χ1) is 15.1. The van der Waals surface area contributed by atoms with Gasteiger partial charge in [0.05, 0.1) is 6.33 Å². The fourth-order valence-corrected chi connectivity index (χ4v) is 3.86. The number of hydrogen-bond acceptors (Lipinski definition) is 5. The fraction of sp³-hybridized carbons (Fsp3) is 0.250. The Kier molecular flexibility index (Phi) is 4.86. The zero-order valence-corrected chi connectivity index (χ0v) is 17.9. The van der Waals surface area contributed by atoms with E-state index < -0.39 is 0 Å². The predicted octanol–water partition coefficient (Wildman–Crippen LogP) is 4.91. The van der Waals surface area contributed by atoms with Crippen LogP contribution in [0.5, 0.6) is 0 Å². The number of fused-ring (bicyclic) bond motifs is 2. The summed E-state index contributed by atoms with van der Waals surface area (Å²) in [5.41, 5.74) is 6.22. The summed E-state index contributed by atoms with van der Waals surface area (Å²) < 4.78 is 2.07. The van der Waals surface area contributed by atoms with E-state index in [-0.39, 0.29) is 6.04 Å². The lowest BCUT2D eigenvalue weighted by Crippen LogP contribution is -2.09. The molecule has 0 bridgehead atoms. The van der Waals surface area contributed by atoms with Gasteiger partial charge < -0.3 is 14.9 Å². The van der Waals surface area contributed by atoms with Gasteiger partial charge in [-0.05, 0) is 57.0 Å². The molecule has 4 aromatic heterocycles. The van der Waals surface area contributed by atoms with Crippen molar-refractivity contribution in [3.05, 3.63) is 66.4 Å². The molecule has 0 saturated heterocycles. The molecule has 7 nitrogen and oxygen atoms in total. The van der Waals surface area contributed by atoms with E-state index in [0.717, 1.165) is 35.5 Å². The van der Waals surface area contributed by atoms with Gasteiger partial charge in [0.2, 0.25) is 0 Å². The summed E-state index contributed by atoms with van der Waals surface area (Å²) in [5.74, 6) is 1.40.